The lowest BCUT2D eigenvalue weighted by molar-refractivity contribution is -0.383. The predicted molar refractivity (Wildman–Crippen MR) is 61.5 cm³/mol. The Labute approximate surface area is 101 Å². The van der Waals surface area contributed by atoms with Crippen molar-refractivity contribution in [1.82, 2.24) is 0 Å². The highest BCUT2D eigenvalue weighted by atomic mass is 19.4. The molecule has 0 amide bonds. The molecule has 0 aliphatic carbocycles. The minimum absolute atomic E-state index is 0.0728. The lowest BCUT2D eigenvalue weighted by atomic mass is 10.2. The molecule has 0 aromatic heterocycles. The monoisotopic (exact) mass is 263 g/mol. The molecule has 0 fully saturated rings. The molecule has 0 heterocycles. The number of rotatable bonds is 4. The lowest BCUT2D eigenvalue weighted by Gasteiger charge is -2.20. The van der Waals surface area contributed by atoms with Crippen molar-refractivity contribution in [2.45, 2.75) is 12.6 Å². The Balaban J connectivity index is 2.95. The first kappa shape index (κ1) is 14.1. The summed E-state index contributed by atoms with van der Waals surface area (Å²) in [5.74, 6) is 0. The first-order chi connectivity index (χ1) is 8.22. The standard InChI is InChI=1S/C10H12F3N3O2/c1-15(6-5-10(11,12)13)8-4-2-3-7(14)9(8)16(17)18/h2-4H,5-6,14H2,1H3. The number of nitro benzene ring substituents is 1. The Morgan fingerprint density at radius 1 is 1.44 bits per heavy atom. The highest BCUT2D eigenvalue weighted by Gasteiger charge is 2.28. The van der Waals surface area contributed by atoms with E-state index < -0.39 is 17.5 Å². The summed E-state index contributed by atoms with van der Waals surface area (Å²) in [5.41, 5.74) is 5.08. The molecule has 0 bridgehead atoms. The van der Waals surface area contributed by atoms with Gasteiger partial charge in [0.25, 0.3) is 0 Å². The molecular weight excluding hydrogens is 251 g/mol. The fourth-order valence-electron chi connectivity index (χ4n) is 1.47. The number of hydrogen-bond donors (Lipinski definition) is 1. The van der Waals surface area contributed by atoms with Crippen molar-refractivity contribution in [2.75, 3.05) is 24.2 Å². The van der Waals surface area contributed by atoms with Crippen LogP contribution in [0.4, 0.5) is 30.2 Å². The van der Waals surface area contributed by atoms with Gasteiger partial charge in [0.15, 0.2) is 0 Å². The van der Waals surface area contributed by atoms with Crippen LogP contribution in [0.2, 0.25) is 0 Å². The third-order valence-corrected chi connectivity index (χ3v) is 2.37. The van der Waals surface area contributed by atoms with E-state index in [1.165, 1.54) is 30.1 Å². The molecule has 0 aliphatic rings. The van der Waals surface area contributed by atoms with Crippen molar-refractivity contribution < 1.29 is 18.1 Å². The first-order valence-electron chi connectivity index (χ1n) is 5.03. The molecule has 0 spiro atoms. The second-order valence-corrected chi connectivity index (χ2v) is 3.76. The van der Waals surface area contributed by atoms with Crippen LogP contribution in [-0.2, 0) is 0 Å². The fourth-order valence-corrected chi connectivity index (χ4v) is 1.47. The Morgan fingerprint density at radius 3 is 2.56 bits per heavy atom. The summed E-state index contributed by atoms with van der Waals surface area (Å²) in [6, 6.07) is 4.16. The predicted octanol–water partition coefficient (Wildman–Crippen LogP) is 2.57. The molecule has 0 saturated heterocycles. The van der Waals surface area contributed by atoms with E-state index in [0.29, 0.717) is 0 Å². The number of nitrogen functional groups attached to an aromatic ring is 1. The van der Waals surface area contributed by atoms with E-state index in [-0.39, 0.29) is 23.6 Å². The van der Waals surface area contributed by atoms with E-state index in [0.717, 1.165) is 0 Å². The molecule has 1 rings (SSSR count). The van der Waals surface area contributed by atoms with Gasteiger partial charge in [-0.15, -0.1) is 0 Å². The van der Waals surface area contributed by atoms with Gasteiger partial charge in [0.05, 0.1) is 11.3 Å². The van der Waals surface area contributed by atoms with Gasteiger partial charge in [-0.25, -0.2) is 0 Å². The van der Waals surface area contributed by atoms with Crippen LogP contribution >= 0.6 is 0 Å². The van der Waals surface area contributed by atoms with E-state index in [1.54, 1.807) is 0 Å². The molecule has 100 valence electrons. The van der Waals surface area contributed by atoms with Gasteiger partial charge in [0, 0.05) is 13.6 Å². The Morgan fingerprint density at radius 2 is 2.06 bits per heavy atom. The summed E-state index contributed by atoms with van der Waals surface area (Å²) < 4.78 is 36.3. The molecule has 0 atom stereocenters. The van der Waals surface area contributed by atoms with Gasteiger partial charge in [-0.05, 0) is 12.1 Å². The molecule has 0 aliphatic heterocycles. The molecule has 0 radical (unpaired) electrons. The normalized spacial score (nSPS) is 11.3. The Kier molecular flexibility index (Phi) is 4.00. The van der Waals surface area contributed by atoms with Crippen LogP contribution in [0, 0.1) is 10.1 Å². The fraction of sp³-hybridized carbons (Fsp3) is 0.400. The van der Waals surface area contributed by atoms with Crippen molar-refractivity contribution in [3.05, 3.63) is 28.3 Å². The summed E-state index contributed by atoms with van der Waals surface area (Å²) in [6.45, 7) is -0.367. The second-order valence-electron chi connectivity index (χ2n) is 3.76. The van der Waals surface area contributed by atoms with Crippen molar-refractivity contribution >= 4 is 17.1 Å². The number of nitrogens with zero attached hydrogens (tertiary/aromatic N) is 2. The van der Waals surface area contributed by atoms with Crippen LogP contribution in [0.3, 0.4) is 0 Å². The van der Waals surface area contributed by atoms with Gasteiger partial charge in [-0.2, -0.15) is 13.2 Å². The van der Waals surface area contributed by atoms with Crippen LogP contribution in [-0.4, -0.2) is 24.7 Å². The summed E-state index contributed by atoms with van der Waals surface area (Å²) >= 11 is 0. The quantitative estimate of drug-likeness (QED) is 0.514. The van der Waals surface area contributed by atoms with Crippen molar-refractivity contribution in [3.63, 3.8) is 0 Å². The maximum Gasteiger partial charge on any atom is 0.390 e. The van der Waals surface area contributed by atoms with Crippen LogP contribution in [0.25, 0.3) is 0 Å². The van der Waals surface area contributed by atoms with E-state index in [9.17, 15) is 23.3 Å². The van der Waals surface area contributed by atoms with Crippen LogP contribution < -0.4 is 10.6 Å². The Bertz CT molecular complexity index is 448. The van der Waals surface area contributed by atoms with Gasteiger partial charge in [0.1, 0.15) is 11.4 Å². The lowest BCUT2D eigenvalue weighted by Crippen LogP contribution is -2.24. The zero-order chi connectivity index (χ0) is 13.9. The third-order valence-electron chi connectivity index (χ3n) is 2.37. The third kappa shape index (κ3) is 3.51. The van der Waals surface area contributed by atoms with E-state index in [4.69, 9.17) is 5.73 Å². The summed E-state index contributed by atoms with van der Waals surface area (Å²) in [6.07, 6.45) is -5.35. The molecule has 18 heavy (non-hydrogen) atoms. The number of anilines is 2. The number of halogens is 3. The van der Waals surface area contributed by atoms with E-state index in [1.807, 2.05) is 0 Å². The van der Waals surface area contributed by atoms with Crippen molar-refractivity contribution in [3.8, 4) is 0 Å². The molecule has 2 N–H and O–H groups in total. The Hall–Kier alpha value is -1.99. The highest BCUT2D eigenvalue weighted by molar-refractivity contribution is 5.75. The average molecular weight is 263 g/mol. The van der Waals surface area contributed by atoms with Crippen LogP contribution in [0.15, 0.2) is 18.2 Å². The van der Waals surface area contributed by atoms with Gasteiger partial charge in [0.2, 0.25) is 0 Å². The van der Waals surface area contributed by atoms with Crippen molar-refractivity contribution in [1.29, 1.82) is 0 Å². The van der Waals surface area contributed by atoms with Crippen molar-refractivity contribution in [2.24, 2.45) is 0 Å². The van der Waals surface area contributed by atoms with Crippen LogP contribution in [0.1, 0.15) is 6.42 Å². The van der Waals surface area contributed by atoms with Gasteiger partial charge in [-0.3, -0.25) is 10.1 Å². The molecule has 5 nitrogen and oxygen atoms in total. The van der Waals surface area contributed by atoms with Crippen LogP contribution in [0.5, 0.6) is 0 Å². The first-order valence-corrected chi connectivity index (χ1v) is 5.03. The summed E-state index contributed by atoms with van der Waals surface area (Å²) in [4.78, 5) is 11.3. The van der Waals surface area contributed by atoms with E-state index >= 15 is 0 Å². The van der Waals surface area contributed by atoms with Gasteiger partial charge >= 0.3 is 11.9 Å². The average Bonchev–Trinajstić information content (AvgIpc) is 2.24. The number of nitrogens with two attached hydrogens (primary N) is 1. The van der Waals surface area contributed by atoms with E-state index in [2.05, 4.69) is 0 Å². The smallest absolute Gasteiger partial charge is 0.390 e. The number of hydrogen-bond acceptors (Lipinski definition) is 4. The number of para-hydroxylation sites is 1. The molecular formula is C10H12F3N3O2. The highest BCUT2D eigenvalue weighted by Crippen LogP contribution is 2.33. The number of alkyl halides is 3. The molecule has 0 saturated carbocycles. The van der Waals surface area contributed by atoms with Gasteiger partial charge in [-0.1, -0.05) is 6.07 Å². The zero-order valence-electron chi connectivity index (χ0n) is 9.57. The maximum atomic E-state index is 12.1. The minimum Gasteiger partial charge on any atom is -0.393 e. The zero-order valence-corrected chi connectivity index (χ0v) is 9.57. The number of benzene rings is 1. The summed E-state index contributed by atoms with van der Waals surface area (Å²) in [7, 11) is 1.35. The number of nitro groups is 1. The topological polar surface area (TPSA) is 72.4 Å². The van der Waals surface area contributed by atoms with Gasteiger partial charge < -0.3 is 10.6 Å². The largest absolute Gasteiger partial charge is 0.393 e. The second kappa shape index (κ2) is 5.11. The maximum absolute atomic E-state index is 12.1. The minimum atomic E-state index is -4.30. The summed E-state index contributed by atoms with van der Waals surface area (Å²) in [5, 5.41) is 10.8. The molecule has 0 unspecified atom stereocenters. The molecule has 8 heteroatoms. The SMILES string of the molecule is CN(CCC(F)(F)F)c1cccc(N)c1[N+](=O)[O-]. The molecule has 1 aromatic rings. The molecule has 1 aromatic carbocycles.